The first-order valence-electron chi connectivity index (χ1n) is 10.5. The van der Waals surface area contributed by atoms with Gasteiger partial charge in [-0.2, -0.15) is 0 Å². The zero-order valence-corrected chi connectivity index (χ0v) is 17.6. The highest BCUT2D eigenvalue weighted by atomic mass is 16.2. The third-order valence-electron chi connectivity index (χ3n) is 6.09. The molecule has 30 heavy (non-hydrogen) atoms. The smallest absolute Gasteiger partial charge is 0.251 e. The molecule has 3 atom stereocenters. The summed E-state index contributed by atoms with van der Waals surface area (Å²) in [7, 11) is 3.40. The van der Waals surface area contributed by atoms with E-state index < -0.39 is 17.9 Å². The largest absolute Gasteiger partial charge is 0.369 e. The quantitative estimate of drug-likeness (QED) is 0.756. The van der Waals surface area contributed by atoms with Crippen LogP contribution in [0.1, 0.15) is 48.9 Å². The van der Waals surface area contributed by atoms with Crippen molar-refractivity contribution >= 4 is 29.3 Å². The molecule has 3 unspecified atom stereocenters. The van der Waals surface area contributed by atoms with Crippen LogP contribution < -0.4 is 16.0 Å². The number of carbonyl (C=O) groups is 4. The van der Waals surface area contributed by atoms with Crippen LogP contribution in [0.5, 0.6) is 0 Å². The summed E-state index contributed by atoms with van der Waals surface area (Å²) in [6, 6.07) is 6.40. The van der Waals surface area contributed by atoms with Crippen molar-refractivity contribution in [2.75, 3.05) is 25.5 Å². The zero-order valence-electron chi connectivity index (χ0n) is 17.6. The summed E-state index contributed by atoms with van der Waals surface area (Å²) in [6.07, 6.45) is 3.87. The van der Waals surface area contributed by atoms with Gasteiger partial charge in [0, 0.05) is 50.3 Å². The van der Waals surface area contributed by atoms with Crippen LogP contribution in [0.15, 0.2) is 24.3 Å². The summed E-state index contributed by atoms with van der Waals surface area (Å²) in [5.74, 6) is -1.43. The van der Waals surface area contributed by atoms with Crippen molar-refractivity contribution in [1.29, 1.82) is 0 Å². The van der Waals surface area contributed by atoms with E-state index in [4.69, 9.17) is 5.73 Å². The highest BCUT2D eigenvalue weighted by molar-refractivity contribution is 5.97. The molecule has 0 bridgehead atoms. The minimum Gasteiger partial charge on any atom is -0.369 e. The van der Waals surface area contributed by atoms with Crippen molar-refractivity contribution in [3.63, 3.8) is 0 Å². The number of amides is 4. The molecule has 1 saturated heterocycles. The Morgan fingerprint density at radius 2 is 1.80 bits per heavy atom. The van der Waals surface area contributed by atoms with Crippen molar-refractivity contribution < 1.29 is 19.2 Å². The van der Waals surface area contributed by atoms with Gasteiger partial charge in [0.05, 0.1) is 5.92 Å². The second-order valence-corrected chi connectivity index (χ2v) is 8.38. The van der Waals surface area contributed by atoms with Gasteiger partial charge < -0.3 is 20.9 Å². The van der Waals surface area contributed by atoms with E-state index in [1.165, 1.54) is 4.90 Å². The monoisotopic (exact) mass is 414 g/mol. The van der Waals surface area contributed by atoms with E-state index in [0.717, 1.165) is 18.5 Å². The van der Waals surface area contributed by atoms with E-state index in [-0.39, 0.29) is 23.6 Å². The van der Waals surface area contributed by atoms with Crippen LogP contribution in [0.4, 0.5) is 5.69 Å². The van der Waals surface area contributed by atoms with Gasteiger partial charge >= 0.3 is 0 Å². The molecule has 3 N–H and O–H groups in total. The Bertz CT molecular complexity index is 821. The Labute approximate surface area is 176 Å². The van der Waals surface area contributed by atoms with Crippen molar-refractivity contribution in [1.82, 2.24) is 10.2 Å². The Hall–Kier alpha value is -2.90. The standard InChI is InChI=1S/C22H30N4O4/c1-25(2)22(30)15-8-11-17(20(23)28)18(13-15)24-21(29)14-6-9-16(10-7-14)26-12-4-3-5-19(26)27/h6-7,9-10,15,17-18H,3-5,8,11-13H2,1-2H3,(H2,23,28)(H,24,29). The van der Waals surface area contributed by atoms with E-state index in [2.05, 4.69) is 5.32 Å². The fourth-order valence-corrected chi connectivity index (χ4v) is 4.38. The Morgan fingerprint density at radius 1 is 1.10 bits per heavy atom. The molecule has 3 rings (SSSR count). The Balaban J connectivity index is 1.69. The predicted molar refractivity (Wildman–Crippen MR) is 113 cm³/mol. The number of nitrogens with zero attached hydrogens (tertiary/aromatic N) is 2. The zero-order chi connectivity index (χ0) is 21.8. The first kappa shape index (κ1) is 21.8. The number of benzene rings is 1. The lowest BCUT2D eigenvalue weighted by Gasteiger charge is -2.35. The van der Waals surface area contributed by atoms with Gasteiger partial charge in [-0.1, -0.05) is 0 Å². The van der Waals surface area contributed by atoms with Gasteiger partial charge in [0.2, 0.25) is 17.7 Å². The number of hydrogen-bond acceptors (Lipinski definition) is 4. The van der Waals surface area contributed by atoms with Crippen molar-refractivity contribution in [2.24, 2.45) is 17.6 Å². The molecule has 0 spiro atoms. The van der Waals surface area contributed by atoms with Gasteiger partial charge in [-0.25, -0.2) is 0 Å². The van der Waals surface area contributed by atoms with Crippen molar-refractivity contribution in [3.8, 4) is 0 Å². The lowest BCUT2D eigenvalue weighted by molar-refractivity contribution is -0.136. The van der Waals surface area contributed by atoms with Gasteiger partial charge in [0.25, 0.3) is 5.91 Å². The van der Waals surface area contributed by atoms with E-state index in [1.54, 1.807) is 43.3 Å². The van der Waals surface area contributed by atoms with E-state index in [9.17, 15) is 19.2 Å². The van der Waals surface area contributed by atoms with E-state index in [0.29, 0.717) is 37.8 Å². The number of hydrogen-bond donors (Lipinski definition) is 2. The molecule has 1 heterocycles. The molecule has 8 nitrogen and oxygen atoms in total. The molecular weight excluding hydrogens is 384 g/mol. The highest BCUT2D eigenvalue weighted by Crippen LogP contribution is 2.30. The maximum Gasteiger partial charge on any atom is 0.251 e. The van der Waals surface area contributed by atoms with Crippen LogP contribution in [0.2, 0.25) is 0 Å². The normalized spacial score (nSPS) is 24.3. The summed E-state index contributed by atoms with van der Waals surface area (Å²) in [6.45, 7) is 0.689. The van der Waals surface area contributed by atoms with Crippen LogP contribution in [0.25, 0.3) is 0 Å². The second kappa shape index (κ2) is 9.28. The summed E-state index contributed by atoms with van der Waals surface area (Å²) < 4.78 is 0. The maximum atomic E-state index is 12.8. The van der Waals surface area contributed by atoms with Gasteiger partial charge in [-0.3, -0.25) is 19.2 Å². The van der Waals surface area contributed by atoms with Crippen molar-refractivity contribution in [2.45, 2.75) is 44.6 Å². The lowest BCUT2D eigenvalue weighted by Crippen LogP contribution is -2.50. The second-order valence-electron chi connectivity index (χ2n) is 8.38. The maximum absolute atomic E-state index is 12.8. The minimum atomic E-state index is -0.495. The first-order valence-corrected chi connectivity index (χ1v) is 10.5. The number of anilines is 1. The fraction of sp³-hybridized carbons (Fsp3) is 0.545. The van der Waals surface area contributed by atoms with Gasteiger partial charge in [0.15, 0.2) is 0 Å². The summed E-state index contributed by atoms with van der Waals surface area (Å²) in [4.78, 5) is 52.4. The molecule has 1 aliphatic carbocycles. The molecule has 2 aliphatic rings. The van der Waals surface area contributed by atoms with Gasteiger partial charge in [-0.05, 0) is 56.4 Å². The molecule has 1 aliphatic heterocycles. The Kier molecular flexibility index (Phi) is 6.74. The SMILES string of the molecule is CN(C)C(=O)C1CCC(C(N)=O)C(NC(=O)c2ccc(N3CCCCC3=O)cc2)C1. The number of carbonyl (C=O) groups excluding carboxylic acids is 4. The van der Waals surface area contributed by atoms with Gasteiger partial charge in [-0.15, -0.1) is 0 Å². The van der Waals surface area contributed by atoms with Crippen LogP contribution in [-0.4, -0.2) is 55.2 Å². The van der Waals surface area contributed by atoms with Crippen LogP contribution in [0, 0.1) is 11.8 Å². The number of nitrogens with one attached hydrogen (secondary N) is 1. The first-order chi connectivity index (χ1) is 14.3. The molecule has 1 aromatic rings. The van der Waals surface area contributed by atoms with Gasteiger partial charge in [0.1, 0.15) is 0 Å². The molecule has 0 radical (unpaired) electrons. The fourth-order valence-electron chi connectivity index (χ4n) is 4.38. The highest BCUT2D eigenvalue weighted by Gasteiger charge is 2.38. The molecule has 4 amide bonds. The number of rotatable bonds is 5. The third-order valence-corrected chi connectivity index (χ3v) is 6.09. The van der Waals surface area contributed by atoms with Crippen LogP contribution in [-0.2, 0) is 14.4 Å². The molecule has 2 fully saturated rings. The molecule has 162 valence electrons. The molecule has 1 aromatic carbocycles. The summed E-state index contributed by atoms with van der Waals surface area (Å²) >= 11 is 0. The number of piperidine rings is 1. The molecular formula is C22H30N4O4. The molecule has 1 saturated carbocycles. The van der Waals surface area contributed by atoms with Crippen LogP contribution >= 0.6 is 0 Å². The van der Waals surface area contributed by atoms with Crippen molar-refractivity contribution in [3.05, 3.63) is 29.8 Å². The predicted octanol–water partition coefficient (Wildman–Crippen LogP) is 1.29. The lowest BCUT2D eigenvalue weighted by atomic mass is 9.77. The number of nitrogens with two attached hydrogens (primary N) is 1. The summed E-state index contributed by atoms with van der Waals surface area (Å²) in [5, 5.41) is 2.91. The van der Waals surface area contributed by atoms with Crippen LogP contribution in [0.3, 0.4) is 0 Å². The molecule has 0 aromatic heterocycles. The third kappa shape index (κ3) is 4.80. The topological polar surface area (TPSA) is 113 Å². The number of primary amides is 1. The van der Waals surface area contributed by atoms with E-state index in [1.807, 2.05) is 0 Å². The summed E-state index contributed by atoms with van der Waals surface area (Å²) in [5.41, 5.74) is 6.76. The average Bonchev–Trinajstić information content (AvgIpc) is 2.73. The Morgan fingerprint density at radius 3 is 2.40 bits per heavy atom. The average molecular weight is 415 g/mol. The van der Waals surface area contributed by atoms with E-state index >= 15 is 0 Å². The molecule has 8 heteroatoms. The minimum absolute atomic E-state index is 0.00674.